The van der Waals surface area contributed by atoms with Crippen LogP contribution in [0.3, 0.4) is 0 Å². The normalized spacial score (nSPS) is 11.5. The maximum Gasteiger partial charge on any atom is 0.159 e. The van der Waals surface area contributed by atoms with Crippen LogP contribution < -0.4 is 5.32 Å². The van der Waals surface area contributed by atoms with Crippen LogP contribution in [0.2, 0.25) is 0 Å². The predicted molar refractivity (Wildman–Crippen MR) is 87.3 cm³/mol. The molecule has 0 aliphatic rings. The lowest BCUT2D eigenvalue weighted by Crippen LogP contribution is -2.28. The van der Waals surface area contributed by atoms with E-state index >= 15 is 0 Å². The van der Waals surface area contributed by atoms with Crippen molar-refractivity contribution in [2.75, 3.05) is 5.32 Å². The number of rotatable bonds is 5. The Labute approximate surface area is 130 Å². The van der Waals surface area contributed by atoms with Crippen LogP contribution in [0.5, 0.6) is 0 Å². The maximum absolute atomic E-state index is 13.1. The largest absolute Gasteiger partial charge is 0.375 e. The van der Waals surface area contributed by atoms with Gasteiger partial charge in [-0.2, -0.15) is 0 Å². The third-order valence-corrected chi connectivity index (χ3v) is 3.54. The molecule has 0 aliphatic heterocycles. The molecule has 0 saturated carbocycles. The van der Waals surface area contributed by atoms with E-state index in [1.54, 1.807) is 19.9 Å². The molecule has 1 unspecified atom stereocenters. The highest BCUT2D eigenvalue weighted by atomic mass is 19.1. The van der Waals surface area contributed by atoms with Gasteiger partial charge < -0.3 is 5.32 Å². The molecule has 22 heavy (non-hydrogen) atoms. The number of carbonyl (C=O) groups is 1. The Hall–Kier alpha value is -2.60. The average molecular weight is 295 g/mol. The number of Topliss-reactive ketones (excluding diaryl/α,β-unsaturated/α-hetero) is 1. The molecule has 0 aromatic heterocycles. The number of ketones is 1. The van der Waals surface area contributed by atoms with Crippen molar-refractivity contribution in [3.63, 3.8) is 0 Å². The van der Waals surface area contributed by atoms with Crippen molar-refractivity contribution < 1.29 is 9.18 Å². The molecule has 0 saturated heterocycles. The van der Waals surface area contributed by atoms with Crippen molar-refractivity contribution in [1.29, 1.82) is 0 Å². The first-order valence-corrected chi connectivity index (χ1v) is 7.10. The Morgan fingerprint density at radius 3 is 2.55 bits per heavy atom. The maximum atomic E-state index is 13.1. The van der Waals surface area contributed by atoms with E-state index in [1.165, 1.54) is 12.1 Å². The fraction of sp³-hybridized carbons (Fsp3) is 0.211. The Bertz CT molecular complexity index is 713. The van der Waals surface area contributed by atoms with E-state index in [1.807, 2.05) is 24.3 Å². The Morgan fingerprint density at radius 2 is 1.95 bits per heavy atom. The minimum absolute atomic E-state index is 0.0668. The van der Waals surface area contributed by atoms with Crippen LogP contribution in [0.15, 0.2) is 42.5 Å². The predicted octanol–water partition coefficient (Wildman–Crippen LogP) is 3.73. The second-order valence-corrected chi connectivity index (χ2v) is 5.31. The number of hydrogen-bond donors (Lipinski definition) is 1. The summed E-state index contributed by atoms with van der Waals surface area (Å²) in [6, 6.07) is 11.5. The highest BCUT2D eigenvalue weighted by molar-refractivity contribution is 5.88. The highest BCUT2D eigenvalue weighted by Crippen LogP contribution is 2.17. The second-order valence-electron chi connectivity index (χ2n) is 5.31. The number of nitrogens with one attached hydrogen (secondary N) is 1. The summed E-state index contributed by atoms with van der Waals surface area (Å²) in [5.74, 6) is 2.33. The Balaban J connectivity index is 2.01. The molecule has 2 aromatic rings. The number of carbonyl (C=O) groups excluding carboxylic acids is 1. The molecule has 0 radical (unpaired) electrons. The molecule has 2 aromatic carbocycles. The van der Waals surface area contributed by atoms with Gasteiger partial charge in [0.2, 0.25) is 0 Å². The van der Waals surface area contributed by atoms with E-state index in [4.69, 9.17) is 6.42 Å². The molecule has 1 N–H and O–H groups in total. The first-order valence-electron chi connectivity index (χ1n) is 7.10. The lowest BCUT2D eigenvalue weighted by Gasteiger charge is -2.16. The van der Waals surface area contributed by atoms with E-state index in [0.717, 1.165) is 22.4 Å². The molecule has 2 rings (SSSR count). The van der Waals surface area contributed by atoms with Crippen LogP contribution in [0.25, 0.3) is 0 Å². The first-order chi connectivity index (χ1) is 10.5. The number of anilines is 1. The highest BCUT2D eigenvalue weighted by Gasteiger charge is 2.14. The lowest BCUT2D eigenvalue weighted by atomic mass is 10.0. The minimum atomic E-state index is -0.350. The summed E-state index contributed by atoms with van der Waals surface area (Å²) in [5.41, 5.74) is 3.26. The van der Waals surface area contributed by atoms with Crippen LogP contribution in [-0.4, -0.2) is 11.8 Å². The number of benzene rings is 2. The van der Waals surface area contributed by atoms with Gasteiger partial charge in [0, 0.05) is 17.7 Å². The SMILES string of the molecule is C#Cc1ccc(CC(=O)C(C)Nc2ccc(F)cc2C)cc1. The molecule has 0 heterocycles. The number of hydrogen-bond acceptors (Lipinski definition) is 2. The summed E-state index contributed by atoms with van der Waals surface area (Å²) >= 11 is 0. The molecule has 112 valence electrons. The minimum Gasteiger partial charge on any atom is -0.375 e. The number of aryl methyl sites for hydroxylation is 1. The van der Waals surface area contributed by atoms with Crippen molar-refractivity contribution in [3.8, 4) is 12.3 Å². The molecule has 0 aliphatic carbocycles. The summed E-state index contributed by atoms with van der Waals surface area (Å²) in [4.78, 5) is 12.3. The third kappa shape index (κ3) is 3.95. The zero-order valence-electron chi connectivity index (χ0n) is 12.7. The van der Waals surface area contributed by atoms with Gasteiger partial charge in [-0.3, -0.25) is 4.79 Å². The smallest absolute Gasteiger partial charge is 0.159 e. The molecule has 0 amide bonds. The quantitative estimate of drug-likeness (QED) is 0.852. The molecule has 0 spiro atoms. The van der Waals surface area contributed by atoms with Gasteiger partial charge in [0.25, 0.3) is 0 Å². The van der Waals surface area contributed by atoms with Crippen LogP contribution in [-0.2, 0) is 11.2 Å². The molecular formula is C19H18FNO. The van der Waals surface area contributed by atoms with Crippen molar-refractivity contribution in [3.05, 3.63) is 65.0 Å². The zero-order valence-corrected chi connectivity index (χ0v) is 12.7. The summed E-state index contributed by atoms with van der Waals surface area (Å²) in [5, 5.41) is 3.13. The second kappa shape index (κ2) is 6.91. The number of terminal acetylenes is 1. The standard InChI is InChI=1S/C19H18FNO/c1-4-15-5-7-16(8-6-15)12-19(22)14(3)21-18-10-9-17(20)11-13(18)2/h1,5-11,14,21H,12H2,2-3H3. The monoisotopic (exact) mass is 295 g/mol. The van der Waals surface area contributed by atoms with Gasteiger partial charge >= 0.3 is 0 Å². The van der Waals surface area contributed by atoms with Gasteiger partial charge in [-0.15, -0.1) is 6.42 Å². The van der Waals surface area contributed by atoms with E-state index in [-0.39, 0.29) is 17.6 Å². The molecule has 2 nitrogen and oxygen atoms in total. The first kappa shape index (κ1) is 15.8. The summed E-state index contributed by atoms with van der Waals surface area (Å²) < 4.78 is 13.1. The van der Waals surface area contributed by atoms with Gasteiger partial charge in [-0.1, -0.05) is 18.1 Å². The van der Waals surface area contributed by atoms with Crippen molar-refractivity contribution in [2.24, 2.45) is 0 Å². The number of halogens is 1. The molecular weight excluding hydrogens is 277 g/mol. The molecule has 0 bridgehead atoms. The third-order valence-electron chi connectivity index (χ3n) is 3.54. The van der Waals surface area contributed by atoms with Gasteiger partial charge in [0.05, 0.1) is 6.04 Å². The van der Waals surface area contributed by atoms with E-state index < -0.39 is 0 Å². The summed E-state index contributed by atoms with van der Waals surface area (Å²) in [6.45, 7) is 3.61. The van der Waals surface area contributed by atoms with Gasteiger partial charge in [-0.05, 0) is 55.3 Å². The Morgan fingerprint density at radius 1 is 1.27 bits per heavy atom. The molecule has 0 fully saturated rings. The van der Waals surface area contributed by atoms with E-state index in [0.29, 0.717) is 6.42 Å². The summed E-state index contributed by atoms with van der Waals surface area (Å²) in [6.07, 6.45) is 5.64. The van der Waals surface area contributed by atoms with E-state index in [2.05, 4.69) is 11.2 Å². The molecule has 3 heteroatoms. The van der Waals surface area contributed by atoms with Crippen LogP contribution >= 0.6 is 0 Å². The van der Waals surface area contributed by atoms with Crippen LogP contribution in [0.1, 0.15) is 23.6 Å². The van der Waals surface area contributed by atoms with Gasteiger partial charge in [0.1, 0.15) is 5.82 Å². The topological polar surface area (TPSA) is 29.1 Å². The fourth-order valence-corrected chi connectivity index (χ4v) is 2.18. The van der Waals surface area contributed by atoms with Crippen LogP contribution in [0.4, 0.5) is 10.1 Å². The van der Waals surface area contributed by atoms with Gasteiger partial charge in [-0.25, -0.2) is 4.39 Å². The fourth-order valence-electron chi connectivity index (χ4n) is 2.18. The van der Waals surface area contributed by atoms with Gasteiger partial charge in [0.15, 0.2) is 5.78 Å². The van der Waals surface area contributed by atoms with Crippen molar-refractivity contribution in [2.45, 2.75) is 26.3 Å². The zero-order chi connectivity index (χ0) is 16.1. The average Bonchev–Trinajstić information content (AvgIpc) is 2.50. The van der Waals surface area contributed by atoms with E-state index in [9.17, 15) is 9.18 Å². The Kier molecular flexibility index (Phi) is 4.95. The van der Waals surface area contributed by atoms with Crippen molar-refractivity contribution >= 4 is 11.5 Å². The summed E-state index contributed by atoms with van der Waals surface area (Å²) in [7, 11) is 0. The molecule has 1 atom stereocenters. The van der Waals surface area contributed by atoms with Crippen LogP contribution in [0, 0.1) is 25.1 Å². The lowest BCUT2D eigenvalue weighted by molar-refractivity contribution is -0.118. The van der Waals surface area contributed by atoms with Crippen molar-refractivity contribution in [1.82, 2.24) is 0 Å².